The molecule has 0 fully saturated rings. The molecular formula is C51H37NS2. The van der Waals surface area contributed by atoms with Gasteiger partial charge in [-0.15, -0.1) is 0 Å². The third-order valence-electron chi connectivity index (χ3n) is 11.0. The van der Waals surface area contributed by atoms with Gasteiger partial charge in [-0.2, -0.15) is 0 Å². The van der Waals surface area contributed by atoms with Gasteiger partial charge in [0.1, 0.15) is 0 Å². The second-order valence-corrected chi connectivity index (χ2v) is 16.8. The summed E-state index contributed by atoms with van der Waals surface area (Å²) in [5, 5.41) is 0. The molecule has 1 heterocycles. The van der Waals surface area contributed by atoms with Crippen molar-refractivity contribution in [1.29, 1.82) is 0 Å². The van der Waals surface area contributed by atoms with Crippen LogP contribution in [-0.2, 0) is 5.41 Å². The number of fused-ring (bicyclic) bond motifs is 5. The van der Waals surface area contributed by atoms with Gasteiger partial charge >= 0.3 is 0 Å². The normalized spacial score (nSPS) is 13.4. The van der Waals surface area contributed by atoms with Gasteiger partial charge in [0, 0.05) is 42.1 Å². The Kier molecular flexibility index (Phi) is 8.09. The molecule has 258 valence electrons. The van der Waals surface area contributed by atoms with Gasteiger partial charge in [-0.1, -0.05) is 159 Å². The van der Waals surface area contributed by atoms with E-state index in [0.717, 1.165) is 17.1 Å². The van der Waals surface area contributed by atoms with Gasteiger partial charge in [0.2, 0.25) is 0 Å². The standard InChI is InChI=1S/C51H37NS2/c1-51(2)45-31-39(23-30-43(45)44-32-49-50(33-46(44)51)54-48-16-10-9-15-47(48)53-49)38-21-28-42(29-22-38)52(40-24-17-36(18-25-40)34-11-5-3-6-12-34)41-26-19-37(20-27-41)35-13-7-4-8-14-35/h3-33H,1-2H3. The topological polar surface area (TPSA) is 3.24 Å². The molecule has 0 radical (unpaired) electrons. The van der Waals surface area contributed by atoms with Gasteiger partial charge in [0.15, 0.2) is 0 Å². The van der Waals surface area contributed by atoms with Crippen molar-refractivity contribution in [3.8, 4) is 44.5 Å². The molecule has 0 bridgehead atoms. The summed E-state index contributed by atoms with van der Waals surface area (Å²) in [4.78, 5) is 7.77. The number of hydrogen-bond acceptors (Lipinski definition) is 3. The van der Waals surface area contributed by atoms with E-state index in [1.807, 2.05) is 23.5 Å². The van der Waals surface area contributed by atoms with Crippen LogP contribution in [0.3, 0.4) is 0 Å². The molecule has 0 unspecified atom stereocenters. The molecule has 8 aromatic rings. The first-order chi connectivity index (χ1) is 26.5. The summed E-state index contributed by atoms with van der Waals surface area (Å²) in [7, 11) is 0. The molecule has 0 amide bonds. The van der Waals surface area contributed by atoms with E-state index in [1.165, 1.54) is 75.2 Å². The highest BCUT2D eigenvalue weighted by atomic mass is 32.2. The fraction of sp³-hybridized carbons (Fsp3) is 0.0588. The van der Waals surface area contributed by atoms with Crippen molar-refractivity contribution in [3.63, 3.8) is 0 Å². The summed E-state index contributed by atoms with van der Waals surface area (Å²) >= 11 is 3.80. The molecular weight excluding hydrogens is 691 g/mol. The van der Waals surface area contributed by atoms with E-state index in [4.69, 9.17) is 0 Å². The minimum Gasteiger partial charge on any atom is -0.311 e. The Hall–Kier alpha value is -5.74. The highest BCUT2D eigenvalue weighted by Gasteiger charge is 2.37. The van der Waals surface area contributed by atoms with E-state index in [9.17, 15) is 0 Å². The third-order valence-corrected chi connectivity index (χ3v) is 13.5. The van der Waals surface area contributed by atoms with Crippen LogP contribution in [0.4, 0.5) is 17.1 Å². The quantitative estimate of drug-likeness (QED) is 0.168. The molecule has 54 heavy (non-hydrogen) atoms. The summed E-state index contributed by atoms with van der Waals surface area (Å²) in [5.41, 5.74) is 16.1. The lowest BCUT2D eigenvalue weighted by Crippen LogP contribution is -2.15. The molecule has 1 aliphatic carbocycles. The predicted octanol–water partition coefficient (Wildman–Crippen LogP) is 15.1. The van der Waals surface area contributed by atoms with Crippen molar-refractivity contribution in [3.05, 3.63) is 199 Å². The Balaban J connectivity index is 0.987. The molecule has 0 aromatic heterocycles. The second-order valence-electron chi connectivity index (χ2n) is 14.6. The molecule has 8 aromatic carbocycles. The van der Waals surface area contributed by atoms with Crippen molar-refractivity contribution in [2.45, 2.75) is 38.8 Å². The molecule has 0 atom stereocenters. The van der Waals surface area contributed by atoms with Crippen molar-refractivity contribution < 1.29 is 0 Å². The van der Waals surface area contributed by atoms with Crippen LogP contribution in [0.5, 0.6) is 0 Å². The Bertz CT molecular complexity index is 2560. The molecule has 0 N–H and O–H groups in total. The lowest BCUT2D eigenvalue weighted by atomic mass is 9.81. The molecule has 10 rings (SSSR count). The molecule has 0 saturated heterocycles. The Labute approximate surface area is 326 Å². The van der Waals surface area contributed by atoms with E-state index in [-0.39, 0.29) is 5.41 Å². The SMILES string of the molecule is CC1(C)c2cc(-c3ccc(N(c4ccc(-c5ccccc5)cc4)c4ccc(-c5ccccc5)cc4)cc3)ccc2-c2cc3c(cc21)Sc1ccccc1S3. The van der Waals surface area contributed by atoms with Crippen LogP contribution in [0.2, 0.25) is 0 Å². The van der Waals surface area contributed by atoms with E-state index >= 15 is 0 Å². The van der Waals surface area contributed by atoms with Crippen LogP contribution < -0.4 is 4.90 Å². The van der Waals surface area contributed by atoms with Crippen molar-refractivity contribution in [1.82, 2.24) is 0 Å². The van der Waals surface area contributed by atoms with Gasteiger partial charge in [0.05, 0.1) is 0 Å². The fourth-order valence-corrected chi connectivity index (χ4v) is 10.3. The van der Waals surface area contributed by atoms with Gasteiger partial charge in [-0.05, 0) is 122 Å². The smallest absolute Gasteiger partial charge is 0.0462 e. The van der Waals surface area contributed by atoms with E-state index < -0.39 is 0 Å². The minimum absolute atomic E-state index is 0.0908. The first-order valence-corrected chi connectivity index (χ1v) is 20.1. The maximum absolute atomic E-state index is 2.46. The number of nitrogens with zero attached hydrogens (tertiary/aromatic N) is 1. The first kappa shape index (κ1) is 32.9. The lowest BCUT2D eigenvalue weighted by Gasteiger charge is -2.26. The summed E-state index contributed by atoms with van der Waals surface area (Å²) in [6.45, 7) is 4.77. The van der Waals surface area contributed by atoms with Gasteiger partial charge < -0.3 is 4.90 Å². The maximum Gasteiger partial charge on any atom is 0.0462 e. The van der Waals surface area contributed by atoms with Crippen LogP contribution in [0.25, 0.3) is 44.5 Å². The molecule has 1 aliphatic heterocycles. The number of rotatable bonds is 6. The molecule has 0 saturated carbocycles. The highest BCUT2D eigenvalue weighted by Crippen LogP contribution is 2.56. The van der Waals surface area contributed by atoms with Crippen LogP contribution in [0.1, 0.15) is 25.0 Å². The van der Waals surface area contributed by atoms with Crippen LogP contribution in [0, 0.1) is 0 Å². The summed E-state index contributed by atoms with van der Waals surface area (Å²) < 4.78 is 0. The predicted molar refractivity (Wildman–Crippen MR) is 230 cm³/mol. The van der Waals surface area contributed by atoms with Gasteiger partial charge in [-0.25, -0.2) is 0 Å². The summed E-state index contributed by atoms with van der Waals surface area (Å²) in [6.07, 6.45) is 0. The molecule has 2 aliphatic rings. The van der Waals surface area contributed by atoms with Crippen LogP contribution in [0.15, 0.2) is 208 Å². The average molecular weight is 728 g/mol. The zero-order chi connectivity index (χ0) is 36.2. The van der Waals surface area contributed by atoms with E-state index in [2.05, 4.69) is 207 Å². The minimum atomic E-state index is -0.0908. The van der Waals surface area contributed by atoms with Crippen molar-refractivity contribution >= 4 is 40.6 Å². The maximum atomic E-state index is 2.46. The van der Waals surface area contributed by atoms with Crippen molar-refractivity contribution in [2.24, 2.45) is 0 Å². The number of anilines is 3. The second kappa shape index (κ2) is 13.3. The van der Waals surface area contributed by atoms with Crippen molar-refractivity contribution in [2.75, 3.05) is 4.90 Å². The number of hydrogen-bond donors (Lipinski definition) is 0. The zero-order valence-corrected chi connectivity index (χ0v) is 31.8. The average Bonchev–Trinajstić information content (AvgIpc) is 3.45. The molecule has 1 nitrogen and oxygen atoms in total. The lowest BCUT2D eigenvalue weighted by molar-refractivity contribution is 0.658. The highest BCUT2D eigenvalue weighted by molar-refractivity contribution is 8.05. The summed E-state index contributed by atoms with van der Waals surface area (Å²) in [6, 6.07) is 68.8. The third kappa shape index (κ3) is 5.76. The van der Waals surface area contributed by atoms with Gasteiger partial charge in [0.25, 0.3) is 0 Å². The fourth-order valence-electron chi connectivity index (χ4n) is 8.05. The van der Waals surface area contributed by atoms with E-state index in [0.29, 0.717) is 0 Å². The first-order valence-electron chi connectivity index (χ1n) is 18.5. The monoisotopic (exact) mass is 727 g/mol. The largest absolute Gasteiger partial charge is 0.311 e. The number of benzene rings is 8. The van der Waals surface area contributed by atoms with Crippen LogP contribution in [-0.4, -0.2) is 0 Å². The summed E-state index contributed by atoms with van der Waals surface area (Å²) in [5.74, 6) is 0. The molecule has 3 heteroatoms. The Morgan fingerprint density at radius 3 is 1.22 bits per heavy atom. The Morgan fingerprint density at radius 2 is 0.722 bits per heavy atom. The van der Waals surface area contributed by atoms with Gasteiger partial charge in [-0.3, -0.25) is 0 Å². The van der Waals surface area contributed by atoms with E-state index in [1.54, 1.807) is 0 Å². The molecule has 0 spiro atoms. The Morgan fingerprint density at radius 1 is 0.333 bits per heavy atom. The zero-order valence-electron chi connectivity index (χ0n) is 30.2. The van der Waals surface area contributed by atoms with Crippen LogP contribution >= 0.6 is 23.5 Å².